The molecule has 0 aliphatic carbocycles. The summed E-state index contributed by atoms with van der Waals surface area (Å²) in [4.78, 5) is 12.6. The fraction of sp³-hybridized carbons (Fsp3) is 0.238. The van der Waals surface area contributed by atoms with Gasteiger partial charge >= 0.3 is 0 Å². The summed E-state index contributed by atoms with van der Waals surface area (Å²) in [6, 6.07) is 12.8. The van der Waals surface area contributed by atoms with E-state index in [0.717, 1.165) is 23.2 Å². The summed E-state index contributed by atoms with van der Waals surface area (Å²) in [6.07, 6.45) is 0.874. The first-order valence-corrected chi connectivity index (χ1v) is 11.4. The number of nitrogens with one attached hydrogen (secondary N) is 1. The number of benzene rings is 2. The summed E-state index contributed by atoms with van der Waals surface area (Å²) in [6.45, 7) is 4.61. The smallest absolute Gasteiger partial charge is 0.239 e. The predicted octanol–water partition coefficient (Wildman–Crippen LogP) is 6.81. The number of nitrogens with zero attached hydrogens (tertiary/aromatic N) is 2. The van der Waals surface area contributed by atoms with Crippen molar-refractivity contribution in [3.05, 3.63) is 68.8 Å². The topological polar surface area (TPSA) is 46.9 Å². The van der Waals surface area contributed by atoms with E-state index in [4.69, 9.17) is 39.9 Å². The van der Waals surface area contributed by atoms with Crippen LogP contribution >= 0.6 is 57.4 Å². The zero-order chi connectivity index (χ0) is 21.1. The van der Waals surface area contributed by atoms with Gasteiger partial charge in [-0.1, -0.05) is 76.5 Å². The van der Waals surface area contributed by atoms with E-state index in [1.165, 1.54) is 0 Å². The maximum atomic E-state index is 12.6. The Morgan fingerprint density at radius 2 is 1.79 bits per heavy atom. The molecule has 1 unspecified atom stereocenters. The lowest BCUT2D eigenvalue weighted by molar-refractivity contribution is -0.120. The summed E-state index contributed by atoms with van der Waals surface area (Å²) < 4.78 is 1.34. The van der Waals surface area contributed by atoms with Crippen molar-refractivity contribution in [3.8, 4) is 16.9 Å². The van der Waals surface area contributed by atoms with Gasteiger partial charge in [-0.05, 0) is 43.7 Å². The average Bonchev–Trinajstić information content (AvgIpc) is 3.03. The van der Waals surface area contributed by atoms with Crippen LogP contribution in [0.15, 0.2) is 42.5 Å². The largest absolute Gasteiger partial charge is 0.355 e. The van der Waals surface area contributed by atoms with Crippen LogP contribution in [0.4, 0.5) is 0 Å². The second kappa shape index (κ2) is 9.69. The van der Waals surface area contributed by atoms with E-state index in [9.17, 15) is 4.79 Å². The van der Waals surface area contributed by atoms with Crippen molar-refractivity contribution in [1.29, 1.82) is 0 Å². The van der Waals surface area contributed by atoms with Crippen molar-refractivity contribution in [3.63, 3.8) is 0 Å². The van der Waals surface area contributed by atoms with Crippen molar-refractivity contribution in [2.45, 2.75) is 24.2 Å². The number of halogens is 4. The monoisotopic (exact) mass is 561 g/mol. The van der Waals surface area contributed by atoms with Gasteiger partial charge in [-0.25, -0.2) is 4.68 Å². The molecule has 2 aromatic carbocycles. The van der Waals surface area contributed by atoms with E-state index in [0.29, 0.717) is 33.0 Å². The van der Waals surface area contributed by atoms with Crippen LogP contribution in [0.5, 0.6) is 0 Å². The third-order valence-electron chi connectivity index (χ3n) is 4.43. The lowest BCUT2D eigenvalue weighted by atomic mass is 10.1. The summed E-state index contributed by atoms with van der Waals surface area (Å²) in [7, 11) is 0. The molecule has 152 valence electrons. The molecule has 4 nitrogen and oxygen atoms in total. The first kappa shape index (κ1) is 22.4. The minimum Gasteiger partial charge on any atom is -0.355 e. The number of rotatable bonds is 6. The Hall–Kier alpha value is -1.28. The molecule has 3 aromatic rings. The van der Waals surface area contributed by atoms with Crippen LogP contribution in [-0.2, 0) is 4.79 Å². The Morgan fingerprint density at radius 3 is 2.41 bits per heavy atom. The Bertz CT molecular complexity index is 1030. The molecule has 1 N–H and O–H groups in total. The van der Waals surface area contributed by atoms with E-state index in [-0.39, 0.29) is 5.91 Å². The standard InChI is InChI=1S/C21H19Cl3IN3O/c1-3-10-26-21(29)18(25)19-12(2)20(13-4-6-14(22)7-5-13)28(27-19)17-9-8-15(23)11-16(17)24/h4-9,11,18H,3,10H2,1-2H3,(H,26,29). The molecular weight excluding hydrogens is 544 g/mol. The molecule has 0 bridgehead atoms. The van der Waals surface area contributed by atoms with Crippen molar-refractivity contribution in [2.75, 3.05) is 6.54 Å². The van der Waals surface area contributed by atoms with Gasteiger partial charge in [0.2, 0.25) is 5.91 Å². The van der Waals surface area contributed by atoms with Crippen LogP contribution in [0.3, 0.4) is 0 Å². The fourth-order valence-electron chi connectivity index (χ4n) is 2.99. The Labute approximate surface area is 198 Å². The van der Waals surface area contributed by atoms with Gasteiger partial charge in [-0.15, -0.1) is 0 Å². The van der Waals surface area contributed by atoms with Gasteiger partial charge in [0.1, 0.15) is 3.92 Å². The normalized spacial score (nSPS) is 12.1. The summed E-state index contributed by atoms with van der Waals surface area (Å²) >= 11 is 20.7. The van der Waals surface area contributed by atoms with Gasteiger partial charge in [0.05, 0.1) is 22.1 Å². The third-order valence-corrected chi connectivity index (χ3v) is 6.38. The number of amides is 1. The van der Waals surface area contributed by atoms with Crippen molar-refractivity contribution >= 4 is 63.3 Å². The Balaban J connectivity index is 2.18. The predicted molar refractivity (Wildman–Crippen MR) is 129 cm³/mol. The molecule has 0 spiro atoms. The number of alkyl halides is 1. The lowest BCUT2D eigenvalue weighted by Crippen LogP contribution is -2.27. The van der Waals surface area contributed by atoms with Gasteiger partial charge in [0, 0.05) is 27.7 Å². The van der Waals surface area contributed by atoms with E-state index < -0.39 is 3.92 Å². The minimum atomic E-state index is -0.433. The molecule has 1 atom stereocenters. The van der Waals surface area contributed by atoms with E-state index in [2.05, 4.69) is 27.9 Å². The molecule has 0 saturated heterocycles. The maximum absolute atomic E-state index is 12.6. The van der Waals surface area contributed by atoms with Gasteiger partial charge in [0.15, 0.2) is 0 Å². The molecule has 8 heteroatoms. The summed E-state index contributed by atoms with van der Waals surface area (Å²) in [5.74, 6) is -0.0648. The molecule has 0 aliphatic rings. The number of carbonyl (C=O) groups is 1. The molecule has 0 radical (unpaired) electrons. The SMILES string of the molecule is CCCNC(=O)C(I)c1nn(-c2ccc(Cl)cc2Cl)c(-c2ccc(Cl)cc2)c1C. The van der Waals surface area contributed by atoms with E-state index in [1.807, 2.05) is 44.2 Å². The van der Waals surface area contributed by atoms with Crippen LogP contribution < -0.4 is 5.32 Å². The summed E-state index contributed by atoms with van der Waals surface area (Å²) in [5.41, 5.74) is 4.06. The summed E-state index contributed by atoms with van der Waals surface area (Å²) in [5, 5.41) is 9.39. The number of carbonyl (C=O) groups excluding carboxylic acids is 1. The Morgan fingerprint density at radius 1 is 1.14 bits per heavy atom. The van der Waals surface area contributed by atoms with Crippen molar-refractivity contribution in [1.82, 2.24) is 15.1 Å². The average molecular weight is 563 g/mol. The van der Waals surface area contributed by atoms with Crippen molar-refractivity contribution in [2.24, 2.45) is 0 Å². The fourth-order valence-corrected chi connectivity index (χ4v) is 4.42. The van der Waals surface area contributed by atoms with Crippen LogP contribution in [-0.4, -0.2) is 22.2 Å². The van der Waals surface area contributed by atoms with Crippen LogP contribution in [0.2, 0.25) is 15.1 Å². The molecule has 0 saturated carbocycles. The molecule has 1 amide bonds. The highest BCUT2D eigenvalue weighted by Crippen LogP contribution is 2.36. The minimum absolute atomic E-state index is 0.0648. The highest BCUT2D eigenvalue weighted by molar-refractivity contribution is 14.1. The quantitative estimate of drug-likeness (QED) is 0.265. The zero-order valence-electron chi connectivity index (χ0n) is 15.8. The second-order valence-electron chi connectivity index (χ2n) is 6.53. The molecule has 0 fully saturated rings. The van der Waals surface area contributed by atoms with Gasteiger partial charge in [-0.2, -0.15) is 5.10 Å². The number of hydrogen-bond acceptors (Lipinski definition) is 2. The molecule has 1 aromatic heterocycles. The Kier molecular flexibility index (Phi) is 7.48. The highest BCUT2D eigenvalue weighted by Gasteiger charge is 2.27. The molecule has 3 rings (SSSR count). The first-order valence-electron chi connectivity index (χ1n) is 9.06. The van der Waals surface area contributed by atoms with Gasteiger partial charge in [0.25, 0.3) is 0 Å². The van der Waals surface area contributed by atoms with Gasteiger partial charge in [-0.3, -0.25) is 4.79 Å². The zero-order valence-corrected chi connectivity index (χ0v) is 20.3. The van der Waals surface area contributed by atoms with Crippen LogP contribution in [0.25, 0.3) is 16.9 Å². The van der Waals surface area contributed by atoms with Crippen LogP contribution in [0.1, 0.15) is 28.5 Å². The van der Waals surface area contributed by atoms with E-state index >= 15 is 0 Å². The number of hydrogen-bond donors (Lipinski definition) is 1. The van der Waals surface area contributed by atoms with Gasteiger partial charge < -0.3 is 5.32 Å². The molecule has 0 aliphatic heterocycles. The highest BCUT2D eigenvalue weighted by atomic mass is 127. The van der Waals surface area contributed by atoms with Crippen LogP contribution in [0, 0.1) is 6.92 Å². The first-order chi connectivity index (χ1) is 13.8. The number of aromatic nitrogens is 2. The molecular formula is C21H19Cl3IN3O. The lowest BCUT2D eigenvalue weighted by Gasteiger charge is -2.11. The third kappa shape index (κ3) is 4.90. The molecule has 1 heterocycles. The molecule has 29 heavy (non-hydrogen) atoms. The maximum Gasteiger partial charge on any atom is 0.239 e. The van der Waals surface area contributed by atoms with Crippen molar-refractivity contribution < 1.29 is 4.79 Å². The second-order valence-corrected chi connectivity index (χ2v) is 9.05. The van der Waals surface area contributed by atoms with E-state index in [1.54, 1.807) is 16.8 Å².